The summed E-state index contributed by atoms with van der Waals surface area (Å²) in [6, 6.07) is -0.729. The third-order valence-corrected chi connectivity index (χ3v) is 10.2. The van der Waals surface area contributed by atoms with E-state index in [4.69, 9.17) is 14.2 Å². The van der Waals surface area contributed by atoms with Crippen LogP contribution in [-0.4, -0.2) is 75.5 Å². The fourth-order valence-corrected chi connectivity index (χ4v) is 6.61. The monoisotopic (exact) mass is 802 g/mol. The topological polar surface area (TPSA) is 102 Å². The van der Waals surface area contributed by atoms with Gasteiger partial charge in [0.1, 0.15) is 12.6 Å². The molecule has 8 nitrogen and oxygen atoms in total. The number of hydrogen-bond donors (Lipinski definition) is 0. The van der Waals surface area contributed by atoms with Gasteiger partial charge in [-0.3, -0.25) is 9.59 Å². The van der Waals surface area contributed by atoms with Gasteiger partial charge in [0.15, 0.2) is 6.10 Å². The van der Waals surface area contributed by atoms with Crippen LogP contribution in [0.4, 0.5) is 0 Å². The number of carbonyl (C=O) groups is 3. The van der Waals surface area contributed by atoms with Gasteiger partial charge in [-0.2, -0.15) is 0 Å². The van der Waals surface area contributed by atoms with E-state index in [1.54, 1.807) is 21.1 Å². The molecule has 0 aliphatic carbocycles. The van der Waals surface area contributed by atoms with Crippen molar-refractivity contribution in [3.63, 3.8) is 0 Å². The molecule has 0 amide bonds. The maximum Gasteiger partial charge on any atom is 0.306 e. The Morgan fingerprint density at radius 1 is 0.544 bits per heavy atom. The van der Waals surface area contributed by atoms with E-state index < -0.39 is 18.1 Å². The highest BCUT2D eigenvalue weighted by atomic mass is 16.6. The number of carboxylic acids is 1. The number of rotatable bonds is 41. The number of nitrogens with zero attached hydrogens (tertiary/aromatic N) is 1. The predicted molar refractivity (Wildman–Crippen MR) is 236 cm³/mol. The fraction of sp³-hybridized carbons (Fsp3) is 0.776. The van der Waals surface area contributed by atoms with Gasteiger partial charge in [-0.25, -0.2) is 0 Å². The summed E-state index contributed by atoms with van der Waals surface area (Å²) in [5.74, 6) is -1.76. The first-order valence-electron chi connectivity index (χ1n) is 23.2. The summed E-state index contributed by atoms with van der Waals surface area (Å²) in [6.45, 7) is 4.53. The number of quaternary nitrogens is 1. The van der Waals surface area contributed by atoms with Gasteiger partial charge in [-0.05, 0) is 70.6 Å². The van der Waals surface area contributed by atoms with Gasteiger partial charge in [-0.1, -0.05) is 152 Å². The molecule has 0 rings (SSSR count). The molecule has 57 heavy (non-hydrogen) atoms. The van der Waals surface area contributed by atoms with E-state index in [0.717, 1.165) is 70.6 Å². The van der Waals surface area contributed by atoms with Crippen LogP contribution in [0.1, 0.15) is 194 Å². The maximum absolute atomic E-state index is 12.7. The Morgan fingerprint density at radius 2 is 0.982 bits per heavy atom. The molecule has 0 aromatic rings. The molecule has 0 fully saturated rings. The van der Waals surface area contributed by atoms with Crippen molar-refractivity contribution in [3.8, 4) is 0 Å². The lowest BCUT2D eigenvalue weighted by Crippen LogP contribution is -2.55. The van der Waals surface area contributed by atoms with Crippen molar-refractivity contribution < 1.29 is 38.2 Å². The Bertz CT molecular complexity index is 1070. The molecule has 0 bridgehead atoms. The highest BCUT2D eigenvalue weighted by Crippen LogP contribution is 2.14. The van der Waals surface area contributed by atoms with Gasteiger partial charge >= 0.3 is 11.9 Å². The largest absolute Gasteiger partial charge is 0.544 e. The van der Waals surface area contributed by atoms with Crippen molar-refractivity contribution in [3.05, 3.63) is 48.6 Å². The molecule has 0 spiro atoms. The van der Waals surface area contributed by atoms with E-state index in [2.05, 4.69) is 62.5 Å². The molecule has 0 heterocycles. The number of carboxylic acid groups (broad SMARTS) is 1. The molecular weight excluding hydrogens is 715 g/mol. The molecular formula is C49H87NO7. The Hall–Kier alpha value is -2.71. The van der Waals surface area contributed by atoms with Crippen LogP contribution >= 0.6 is 0 Å². The van der Waals surface area contributed by atoms with Crippen molar-refractivity contribution in [2.45, 2.75) is 206 Å². The van der Waals surface area contributed by atoms with Crippen molar-refractivity contribution in [1.29, 1.82) is 0 Å². The van der Waals surface area contributed by atoms with Crippen LogP contribution in [0.25, 0.3) is 0 Å². The van der Waals surface area contributed by atoms with E-state index in [1.165, 1.54) is 89.9 Å². The zero-order valence-corrected chi connectivity index (χ0v) is 37.5. The number of unbranched alkanes of at least 4 members (excludes halogenated alkanes) is 19. The quantitative estimate of drug-likeness (QED) is 0.0262. The predicted octanol–water partition coefficient (Wildman–Crippen LogP) is 11.5. The van der Waals surface area contributed by atoms with Crippen LogP contribution in [0.5, 0.6) is 0 Å². The number of carbonyl (C=O) groups excluding carboxylic acids is 3. The van der Waals surface area contributed by atoms with Crippen LogP contribution in [-0.2, 0) is 28.6 Å². The highest BCUT2D eigenvalue weighted by molar-refractivity contribution is 5.70. The van der Waals surface area contributed by atoms with E-state index in [1.807, 2.05) is 0 Å². The normalized spacial score (nSPS) is 13.4. The summed E-state index contributed by atoms with van der Waals surface area (Å²) < 4.78 is 17.2. The zero-order chi connectivity index (χ0) is 42.1. The van der Waals surface area contributed by atoms with E-state index in [0.29, 0.717) is 12.8 Å². The standard InChI is InChI=1S/C49H87NO7/c1-6-8-10-12-14-16-18-20-21-22-23-24-25-26-28-29-31-33-35-37-39-47(51)56-44-45(43-55-42-41-46(49(53)54)50(3,4)5)57-48(52)40-38-36-34-32-30-27-19-17-15-13-11-9-7-2/h8,10,14,16,20-21,27,30,45-46H,6-7,9,11-13,15,17-19,22-26,28-29,31-44H2,1-5H3/b10-8+,16-14+,21-20+,30-27+. The lowest BCUT2D eigenvalue weighted by atomic mass is 10.1. The zero-order valence-electron chi connectivity index (χ0n) is 37.5. The summed E-state index contributed by atoms with van der Waals surface area (Å²) >= 11 is 0. The second kappa shape index (κ2) is 40.1. The van der Waals surface area contributed by atoms with Crippen molar-refractivity contribution in [2.24, 2.45) is 0 Å². The van der Waals surface area contributed by atoms with Gasteiger partial charge < -0.3 is 28.6 Å². The number of allylic oxidation sites excluding steroid dienone is 8. The van der Waals surface area contributed by atoms with Gasteiger partial charge in [-0.15, -0.1) is 0 Å². The molecule has 8 heteroatoms. The second-order valence-corrected chi connectivity index (χ2v) is 16.6. The van der Waals surface area contributed by atoms with Crippen molar-refractivity contribution >= 4 is 17.9 Å². The van der Waals surface area contributed by atoms with Crippen molar-refractivity contribution in [1.82, 2.24) is 0 Å². The summed E-state index contributed by atoms with van der Waals surface area (Å²) in [6.07, 6.45) is 47.1. The highest BCUT2D eigenvalue weighted by Gasteiger charge is 2.25. The minimum atomic E-state index is -1.13. The minimum Gasteiger partial charge on any atom is -0.544 e. The molecule has 0 saturated heterocycles. The molecule has 0 N–H and O–H groups in total. The van der Waals surface area contributed by atoms with Crippen LogP contribution in [0.15, 0.2) is 48.6 Å². The van der Waals surface area contributed by atoms with E-state index >= 15 is 0 Å². The fourth-order valence-electron chi connectivity index (χ4n) is 6.61. The Kier molecular flexibility index (Phi) is 38.2. The summed E-state index contributed by atoms with van der Waals surface area (Å²) in [7, 11) is 5.40. The van der Waals surface area contributed by atoms with Gasteiger partial charge in [0.25, 0.3) is 0 Å². The maximum atomic E-state index is 12.7. The third-order valence-electron chi connectivity index (χ3n) is 10.2. The molecule has 0 aromatic carbocycles. The van der Waals surface area contributed by atoms with Crippen LogP contribution in [0.3, 0.4) is 0 Å². The smallest absolute Gasteiger partial charge is 0.306 e. The Labute approximate surface area is 350 Å². The molecule has 0 aromatic heterocycles. The number of likely N-dealkylation sites (N-methyl/N-ethyl adjacent to an activating group) is 1. The molecule has 0 radical (unpaired) electrons. The molecule has 0 aliphatic rings. The lowest BCUT2D eigenvalue weighted by molar-refractivity contribution is -0.889. The van der Waals surface area contributed by atoms with Crippen LogP contribution in [0.2, 0.25) is 0 Å². The summed E-state index contributed by atoms with van der Waals surface area (Å²) in [4.78, 5) is 36.9. The summed E-state index contributed by atoms with van der Waals surface area (Å²) in [5.41, 5.74) is 0. The summed E-state index contributed by atoms with van der Waals surface area (Å²) in [5, 5.41) is 11.6. The number of ether oxygens (including phenoxy) is 3. The molecule has 2 unspecified atom stereocenters. The van der Waals surface area contributed by atoms with E-state index in [9.17, 15) is 19.5 Å². The molecule has 2 atom stereocenters. The minimum absolute atomic E-state index is 0.0336. The Balaban J connectivity index is 4.28. The SMILES string of the molecule is CC/C=C/C/C=C/C/C=C/CCCCCCCCCCCCC(=O)OCC(COCCC(C(=O)[O-])[N+](C)(C)C)OC(=O)CCCCC/C=C/CCCCCCCC. The van der Waals surface area contributed by atoms with Crippen LogP contribution < -0.4 is 5.11 Å². The lowest BCUT2D eigenvalue weighted by Gasteiger charge is -2.34. The average molecular weight is 802 g/mol. The molecule has 0 saturated carbocycles. The first-order chi connectivity index (χ1) is 27.6. The molecule has 330 valence electrons. The van der Waals surface area contributed by atoms with Gasteiger partial charge in [0, 0.05) is 19.3 Å². The Morgan fingerprint density at radius 3 is 1.49 bits per heavy atom. The average Bonchev–Trinajstić information content (AvgIpc) is 3.17. The van der Waals surface area contributed by atoms with Crippen LogP contribution in [0, 0.1) is 0 Å². The first kappa shape index (κ1) is 54.3. The third kappa shape index (κ3) is 38.6. The molecule has 0 aliphatic heterocycles. The second-order valence-electron chi connectivity index (χ2n) is 16.6. The number of hydrogen-bond acceptors (Lipinski definition) is 7. The first-order valence-corrected chi connectivity index (χ1v) is 23.2. The van der Waals surface area contributed by atoms with Gasteiger partial charge in [0.2, 0.25) is 0 Å². The van der Waals surface area contributed by atoms with Crippen molar-refractivity contribution in [2.75, 3.05) is 41.0 Å². The number of esters is 2. The van der Waals surface area contributed by atoms with Gasteiger partial charge in [0.05, 0.1) is 40.3 Å². The van der Waals surface area contributed by atoms with E-state index in [-0.39, 0.29) is 42.7 Å². The number of aliphatic carboxylic acids is 1.